The molecule has 0 saturated heterocycles. The summed E-state index contributed by atoms with van der Waals surface area (Å²) in [5.41, 5.74) is 5.83. The van der Waals surface area contributed by atoms with Crippen LogP contribution in [0.15, 0.2) is 36.7 Å². The molecule has 2 rings (SSSR count). The first kappa shape index (κ1) is 9.45. The van der Waals surface area contributed by atoms with Crippen LogP contribution in [0.3, 0.4) is 0 Å². The molecule has 15 heavy (non-hydrogen) atoms. The van der Waals surface area contributed by atoms with Gasteiger partial charge in [0.15, 0.2) is 12.4 Å². The molecule has 0 aliphatic rings. The van der Waals surface area contributed by atoms with Crippen molar-refractivity contribution in [3.05, 3.63) is 36.7 Å². The van der Waals surface area contributed by atoms with Crippen molar-refractivity contribution in [2.75, 3.05) is 5.32 Å². The van der Waals surface area contributed by atoms with Gasteiger partial charge in [0.05, 0.1) is 0 Å². The van der Waals surface area contributed by atoms with Crippen molar-refractivity contribution < 1.29 is 9.36 Å². The van der Waals surface area contributed by atoms with E-state index < -0.39 is 6.03 Å². The quantitative estimate of drug-likeness (QED) is 0.670. The molecule has 2 aromatic rings. The van der Waals surface area contributed by atoms with Crippen LogP contribution in [0.4, 0.5) is 10.5 Å². The Labute approximate surface area is 87.3 Å². The Balaban J connectivity index is 2.65. The predicted molar refractivity (Wildman–Crippen MR) is 58.3 cm³/mol. The van der Waals surface area contributed by atoms with E-state index in [1.54, 1.807) is 0 Å². The summed E-state index contributed by atoms with van der Waals surface area (Å²) >= 11 is 0. The van der Waals surface area contributed by atoms with E-state index in [1.165, 1.54) is 0 Å². The van der Waals surface area contributed by atoms with Crippen LogP contribution in [0, 0.1) is 0 Å². The van der Waals surface area contributed by atoms with Crippen molar-refractivity contribution >= 4 is 22.5 Å². The molecule has 0 atom stereocenters. The molecule has 0 spiro atoms. The van der Waals surface area contributed by atoms with E-state index in [2.05, 4.69) is 5.32 Å². The summed E-state index contributed by atoms with van der Waals surface area (Å²) in [4.78, 5) is 10.8. The second-order valence-electron chi connectivity index (χ2n) is 3.41. The van der Waals surface area contributed by atoms with E-state index in [-0.39, 0.29) is 0 Å². The first-order chi connectivity index (χ1) is 7.16. The van der Waals surface area contributed by atoms with Crippen LogP contribution in [-0.2, 0) is 7.05 Å². The molecule has 2 amide bonds. The van der Waals surface area contributed by atoms with Gasteiger partial charge in [-0.1, -0.05) is 18.2 Å². The van der Waals surface area contributed by atoms with Crippen LogP contribution < -0.4 is 15.6 Å². The van der Waals surface area contributed by atoms with E-state index in [9.17, 15) is 4.79 Å². The minimum atomic E-state index is -0.550. The van der Waals surface area contributed by atoms with Crippen molar-refractivity contribution in [3.8, 4) is 0 Å². The van der Waals surface area contributed by atoms with E-state index >= 15 is 0 Å². The lowest BCUT2D eigenvalue weighted by molar-refractivity contribution is -0.669. The number of hydrogen-bond acceptors (Lipinski definition) is 1. The molecule has 3 N–H and O–H groups in total. The fraction of sp³-hybridized carbons (Fsp3) is 0.0909. The summed E-state index contributed by atoms with van der Waals surface area (Å²) in [6.07, 6.45) is 3.81. The Morgan fingerprint density at radius 1 is 1.33 bits per heavy atom. The van der Waals surface area contributed by atoms with Crippen molar-refractivity contribution in [1.29, 1.82) is 0 Å². The molecule has 4 nitrogen and oxygen atoms in total. The number of anilines is 1. The average Bonchev–Trinajstić information content (AvgIpc) is 2.16. The summed E-state index contributed by atoms with van der Waals surface area (Å²) in [5, 5.41) is 4.65. The summed E-state index contributed by atoms with van der Waals surface area (Å²) in [6, 6.07) is 7.26. The molecule has 0 fully saturated rings. The fourth-order valence-electron chi connectivity index (χ4n) is 1.62. The highest BCUT2D eigenvalue weighted by Crippen LogP contribution is 2.20. The number of carbonyl (C=O) groups is 1. The smallest absolute Gasteiger partial charge is 0.316 e. The molecule has 1 heterocycles. The molecule has 1 aromatic heterocycles. The molecule has 0 radical (unpaired) electrons. The van der Waals surface area contributed by atoms with Crippen LogP contribution in [0.25, 0.3) is 10.8 Å². The number of pyridine rings is 1. The highest BCUT2D eigenvalue weighted by atomic mass is 16.2. The average molecular weight is 202 g/mol. The Bertz CT molecular complexity index is 522. The third-order valence-corrected chi connectivity index (χ3v) is 2.18. The number of urea groups is 1. The number of aryl methyl sites for hydroxylation is 1. The fourth-order valence-corrected chi connectivity index (χ4v) is 1.62. The molecule has 0 bridgehead atoms. The lowest BCUT2D eigenvalue weighted by Crippen LogP contribution is -2.29. The molecule has 76 valence electrons. The van der Waals surface area contributed by atoms with Crippen molar-refractivity contribution in [2.45, 2.75) is 0 Å². The number of aromatic nitrogens is 1. The van der Waals surface area contributed by atoms with E-state index in [0.29, 0.717) is 0 Å². The number of hydrogen-bond donors (Lipinski definition) is 2. The number of nitrogens with one attached hydrogen (secondary N) is 1. The van der Waals surface area contributed by atoms with Crippen molar-refractivity contribution in [3.63, 3.8) is 0 Å². The summed E-state index contributed by atoms with van der Waals surface area (Å²) in [7, 11) is 1.90. The van der Waals surface area contributed by atoms with Gasteiger partial charge in [-0.05, 0) is 6.07 Å². The number of benzene rings is 1. The zero-order valence-electron chi connectivity index (χ0n) is 8.40. The molecule has 4 heteroatoms. The van der Waals surface area contributed by atoms with Gasteiger partial charge in [0.1, 0.15) is 12.7 Å². The number of amides is 2. The Morgan fingerprint density at radius 3 is 2.80 bits per heavy atom. The van der Waals surface area contributed by atoms with Gasteiger partial charge in [0, 0.05) is 10.8 Å². The molecular weight excluding hydrogens is 190 g/mol. The normalized spacial score (nSPS) is 10.2. The SMILES string of the molecule is C[n+]1cc(NC(N)=O)c2ccccc2c1. The maximum Gasteiger partial charge on any atom is 0.316 e. The largest absolute Gasteiger partial charge is 0.351 e. The van der Waals surface area contributed by atoms with Gasteiger partial charge in [0.25, 0.3) is 0 Å². The third kappa shape index (κ3) is 1.88. The maximum atomic E-state index is 10.8. The number of primary amides is 1. The second-order valence-corrected chi connectivity index (χ2v) is 3.41. The van der Waals surface area contributed by atoms with Crippen LogP contribution in [0.5, 0.6) is 0 Å². The number of rotatable bonds is 1. The highest BCUT2D eigenvalue weighted by Gasteiger charge is 2.07. The standard InChI is InChI=1S/C11H11N3O/c1-14-6-8-4-2-3-5-9(8)10(7-14)13-11(12)15/h2-7H,1H3,(H2-,12,13,15)/p+1. The first-order valence-electron chi connectivity index (χ1n) is 4.61. The van der Waals surface area contributed by atoms with Gasteiger partial charge in [-0.15, -0.1) is 0 Å². The van der Waals surface area contributed by atoms with Gasteiger partial charge in [0.2, 0.25) is 0 Å². The lowest BCUT2D eigenvalue weighted by Gasteiger charge is -2.04. The summed E-state index contributed by atoms with van der Waals surface area (Å²) in [5.74, 6) is 0. The maximum absolute atomic E-state index is 10.8. The second kappa shape index (κ2) is 3.57. The van der Waals surface area contributed by atoms with Gasteiger partial charge < -0.3 is 11.1 Å². The van der Waals surface area contributed by atoms with Crippen LogP contribution in [0.2, 0.25) is 0 Å². The highest BCUT2D eigenvalue weighted by molar-refractivity contribution is 5.99. The first-order valence-corrected chi connectivity index (χ1v) is 4.61. The summed E-state index contributed by atoms with van der Waals surface area (Å²) in [6.45, 7) is 0. The topological polar surface area (TPSA) is 59.0 Å². The lowest BCUT2D eigenvalue weighted by atomic mass is 10.1. The zero-order valence-corrected chi connectivity index (χ0v) is 8.40. The molecule has 0 saturated carbocycles. The summed E-state index contributed by atoms with van der Waals surface area (Å²) < 4.78 is 1.88. The molecule has 0 aliphatic carbocycles. The van der Waals surface area contributed by atoms with E-state index in [1.807, 2.05) is 48.3 Å². The minimum Gasteiger partial charge on any atom is -0.351 e. The molecule has 0 unspecified atom stereocenters. The molecular formula is C11H12N3O+. The number of nitrogens with two attached hydrogens (primary N) is 1. The van der Waals surface area contributed by atoms with E-state index in [0.717, 1.165) is 16.5 Å². The molecule has 0 aliphatic heterocycles. The van der Waals surface area contributed by atoms with Gasteiger partial charge in [-0.2, -0.15) is 0 Å². The Morgan fingerprint density at radius 2 is 2.07 bits per heavy atom. The van der Waals surface area contributed by atoms with Crippen molar-refractivity contribution in [1.82, 2.24) is 0 Å². The predicted octanol–water partition coefficient (Wildman–Crippen LogP) is 1.15. The van der Waals surface area contributed by atoms with Crippen LogP contribution in [-0.4, -0.2) is 6.03 Å². The number of nitrogens with zero attached hydrogens (tertiary/aromatic N) is 1. The van der Waals surface area contributed by atoms with E-state index in [4.69, 9.17) is 5.73 Å². The van der Waals surface area contributed by atoms with Crippen LogP contribution in [0.1, 0.15) is 0 Å². The van der Waals surface area contributed by atoms with Gasteiger partial charge in [-0.3, -0.25) is 0 Å². The van der Waals surface area contributed by atoms with Crippen molar-refractivity contribution in [2.24, 2.45) is 12.8 Å². The minimum absolute atomic E-state index is 0.550. The monoisotopic (exact) mass is 202 g/mol. The molecule has 1 aromatic carbocycles. The number of carbonyl (C=O) groups excluding carboxylic acids is 1. The Kier molecular flexibility index (Phi) is 2.25. The van der Waals surface area contributed by atoms with Crippen LogP contribution >= 0.6 is 0 Å². The van der Waals surface area contributed by atoms with Gasteiger partial charge >= 0.3 is 6.03 Å². The third-order valence-electron chi connectivity index (χ3n) is 2.18. The zero-order chi connectivity index (χ0) is 10.8. The number of fused-ring (bicyclic) bond motifs is 1. The van der Waals surface area contributed by atoms with Gasteiger partial charge in [-0.25, -0.2) is 9.36 Å². The Hall–Kier alpha value is -2.10.